The van der Waals surface area contributed by atoms with Crippen LogP contribution in [0.1, 0.15) is 0 Å². The van der Waals surface area contributed by atoms with Gasteiger partial charge >= 0.3 is 0 Å². The third-order valence-corrected chi connectivity index (χ3v) is 8.24. The highest BCUT2D eigenvalue weighted by Crippen LogP contribution is 2.42. The molecule has 0 N–H and O–H groups in total. The Bertz CT molecular complexity index is 2370. The van der Waals surface area contributed by atoms with Crippen LogP contribution in [0.4, 0.5) is 17.1 Å². The van der Waals surface area contributed by atoms with E-state index in [9.17, 15) is 0 Å². The van der Waals surface area contributed by atoms with Crippen LogP contribution in [0.2, 0.25) is 0 Å². The number of benzene rings is 7. The predicted molar refractivity (Wildman–Crippen MR) is 176 cm³/mol. The van der Waals surface area contributed by atoms with E-state index in [1.165, 1.54) is 21.5 Å². The SMILES string of the molecule is c1ccc2cc(N(c3ccc4ccccc4c3)c3ccc4oc5cccc(-c6nc7ccccc7o6)c5c4c3)ccc2c1. The van der Waals surface area contributed by atoms with Gasteiger partial charge in [-0.15, -0.1) is 0 Å². The largest absolute Gasteiger partial charge is 0.456 e. The molecule has 202 valence electrons. The molecule has 7 aromatic carbocycles. The molecule has 43 heavy (non-hydrogen) atoms. The van der Waals surface area contributed by atoms with Gasteiger partial charge < -0.3 is 13.7 Å². The van der Waals surface area contributed by atoms with Crippen LogP contribution in [0.3, 0.4) is 0 Å². The van der Waals surface area contributed by atoms with E-state index in [4.69, 9.17) is 13.8 Å². The topological polar surface area (TPSA) is 42.4 Å². The molecule has 0 saturated carbocycles. The van der Waals surface area contributed by atoms with Crippen molar-refractivity contribution >= 4 is 71.6 Å². The second-order valence-corrected chi connectivity index (χ2v) is 10.8. The van der Waals surface area contributed by atoms with Crippen molar-refractivity contribution in [2.24, 2.45) is 0 Å². The van der Waals surface area contributed by atoms with Crippen LogP contribution in [0.25, 0.3) is 66.0 Å². The van der Waals surface area contributed by atoms with Gasteiger partial charge in [-0.2, -0.15) is 0 Å². The lowest BCUT2D eigenvalue weighted by Gasteiger charge is -2.26. The van der Waals surface area contributed by atoms with E-state index in [1.54, 1.807) is 0 Å². The minimum atomic E-state index is 0.584. The average molecular weight is 553 g/mol. The summed E-state index contributed by atoms with van der Waals surface area (Å²) >= 11 is 0. The Hall–Kier alpha value is -5.87. The van der Waals surface area contributed by atoms with E-state index < -0.39 is 0 Å². The maximum absolute atomic E-state index is 6.36. The van der Waals surface area contributed by atoms with E-state index in [0.29, 0.717) is 5.89 Å². The molecule has 0 bridgehead atoms. The Labute approximate surface area is 247 Å². The number of oxazole rings is 1. The number of anilines is 3. The molecular formula is C39H24N2O2. The molecule has 0 aliphatic rings. The Morgan fingerprint density at radius 3 is 1.77 bits per heavy atom. The number of aromatic nitrogens is 1. The van der Waals surface area contributed by atoms with Gasteiger partial charge in [0.2, 0.25) is 5.89 Å². The number of furan rings is 1. The molecule has 0 aliphatic carbocycles. The molecule has 0 spiro atoms. The molecular weight excluding hydrogens is 528 g/mol. The van der Waals surface area contributed by atoms with Crippen molar-refractivity contribution in [3.63, 3.8) is 0 Å². The summed E-state index contributed by atoms with van der Waals surface area (Å²) in [5, 5.41) is 6.81. The first-order chi connectivity index (χ1) is 21.3. The number of fused-ring (bicyclic) bond motifs is 6. The van der Waals surface area contributed by atoms with Crippen molar-refractivity contribution in [1.82, 2.24) is 4.98 Å². The third-order valence-electron chi connectivity index (χ3n) is 8.24. The number of hydrogen-bond acceptors (Lipinski definition) is 4. The summed E-state index contributed by atoms with van der Waals surface area (Å²) in [6.45, 7) is 0. The van der Waals surface area contributed by atoms with Crippen LogP contribution in [0, 0.1) is 0 Å². The maximum atomic E-state index is 6.36. The van der Waals surface area contributed by atoms with E-state index in [1.807, 2.05) is 36.4 Å². The van der Waals surface area contributed by atoms with E-state index in [0.717, 1.165) is 55.7 Å². The summed E-state index contributed by atoms with van der Waals surface area (Å²) in [6, 6.07) is 50.6. The van der Waals surface area contributed by atoms with Crippen LogP contribution >= 0.6 is 0 Å². The molecule has 0 atom stereocenters. The molecule has 0 radical (unpaired) electrons. The molecule has 2 aromatic heterocycles. The van der Waals surface area contributed by atoms with Gasteiger partial charge in [-0.1, -0.05) is 78.9 Å². The van der Waals surface area contributed by atoms with Crippen LogP contribution < -0.4 is 4.90 Å². The summed E-state index contributed by atoms with van der Waals surface area (Å²) in [7, 11) is 0. The lowest BCUT2D eigenvalue weighted by Crippen LogP contribution is -2.09. The van der Waals surface area contributed by atoms with Gasteiger partial charge in [0.25, 0.3) is 0 Å². The molecule has 4 nitrogen and oxygen atoms in total. The lowest BCUT2D eigenvalue weighted by molar-refractivity contribution is 0.620. The van der Waals surface area contributed by atoms with Gasteiger partial charge in [0.1, 0.15) is 16.7 Å². The van der Waals surface area contributed by atoms with E-state index in [2.05, 4.69) is 114 Å². The number of rotatable bonds is 4. The lowest BCUT2D eigenvalue weighted by atomic mass is 10.0. The van der Waals surface area contributed by atoms with Gasteiger partial charge in [0, 0.05) is 33.4 Å². The highest BCUT2D eigenvalue weighted by atomic mass is 16.3. The molecule has 9 aromatic rings. The molecule has 4 heteroatoms. The van der Waals surface area contributed by atoms with Gasteiger partial charge in [-0.25, -0.2) is 4.98 Å². The molecule has 0 amide bonds. The number of nitrogens with zero attached hydrogens (tertiary/aromatic N) is 2. The quantitative estimate of drug-likeness (QED) is 0.218. The molecule has 9 rings (SSSR count). The fourth-order valence-electron chi connectivity index (χ4n) is 6.20. The average Bonchev–Trinajstić information content (AvgIpc) is 3.66. The van der Waals surface area contributed by atoms with E-state index in [-0.39, 0.29) is 0 Å². The molecule has 0 unspecified atom stereocenters. The zero-order valence-corrected chi connectivity index (χ0v) is 23.1. The van der Waals surface area contributed by atoms with Crippen LogP contribution in [0.15, 0.2) is 154 Å². The molecule has 0 saturated heterocycles. The van der Waals surface area contributed by atoms with Crippen LogP contribution in [-0.4, -0.2) is 4.98 Å². The Morgan fingerprint density at radius 2 is 1.05 bits per heavy atom. The summed E-state index contributed by atoms with van der Waals surface area (Å²) < 4.78 is 12.6. The molecule has 0 aliphatic heterocycles. The number of para-hydroxylation sites is 2. The highest BCUT2D eigenvalue weighted by molar-refractivity contribution is 6.13. The normalized spacial score (nSPS) is 11.7. The third kappa shape index (κ3) is 3.88. The standard InChI is InChI=1S/C39H24N2O2/c1-3-10-27-22-29(18-16-25(27)8-1)41(30-19-17-26-9-2-4-11-28(26)23-30)31-20-21-35-33(24-31)38-32(12-7-15-37(38)42-35)39-40-34-13-5-6-14-36(34)43-39/h1-24H. The zero-order valence-electron chi connectivity index (χ0n) is 23.1. The van der Waals surface area contributed by atoms with E-state index >= 15 is 0 Å². The van der Waals surface area contributed by atoms with Gasteiger partial charge in [-0.3, -0.25) is 0 Å². The fourth-order valence-corrected chi connectivity index (χ4v) is 6.20. The second-order valence-electron chi connectivity index (χ2n) is 10.8. The van der Waals surface area contributed by atoms with Crippen molar-refractivity contribution in [2.45, 2.75) is 0 Å². The Balaban J connectivity index is 1.28. The highest BCUT2D eigenvalue weighted by Gasteiger charge is 2.20. The maximum Gasteiger partial charge on any atom is 0.228 e. The minimum absolute atomic E-state index is 0.584. The van der Waals surface area contributed by atoms with Gasteiger partial charge in [-0.05, 0) is 88.3 Å². The summed E-state index contributed by atoms with van der Waals surface area (Å²) in [5.74, 6) is 0.584. The first kappa shape index (κ1) is 23.8. The Kier molecular flexibility index (Phi) is 5.16. The predicted octanol–water partition coefficient (Wildman–Crippen LogP) is 11.2. The Morgan fingerprint density at radius 1 is 0.442 bits per heavy atom. The summed E-state index contributed by atoms with van der Waals surface area (Å²) in [5.41, 5.74) is 7.33. The van der Waals surface area contributed by atoms with Crippen molar-refractivity contribution in [3.8, 4) is 11.5 Å². The first-order valence-electron chi connectivity index (χ1n) is 14.4. The van der Waals surface area contributed by atoms with Crippen LogP contribution in [0.5, 0.6) is 0 Å². The summed E-state index contributed by atoms with van der Waals surface area (Å²) in [4.78, 5) is 7.13. The van der Waals surface area contributed by atoms with Crippen molar-refractivity contribution < 1.29 is 8.83 Å². The van der Waals surface area contributed by atoms with Crippen molar-refractivity contribution in [1.29, 1.82) is 0 Å². The number of hydrogen-bond donors (Lipinski definition) is 0. The fraction of sp³-hybridized carbons (Fsp3) is 0. The second kappa shape index (κ2) is 9.33. The van der Waals surface area contributed by atoms with Crippen LogP contribution in [-0.2, 0) is 0 Å². The molecule has 2 heterocycles. The summed E-state index contributed by atoms with van der Waals surface area (Å²) in [6.07, 6.45) is 0. The first-order valence-corrected chi connectivity index (χ1v) is 14.4. The molecule has 0 fully saturated rings. The minimum Gasteiger partial charge on any atom is -0.456 e. The van der Waals surface area contributed by atoms with Crippen molar-refractivity contribution in [3.05, 3.63) is 146 Å². The monoisotopic (exact) mass is 552 g/mol. The van der Waals surface area contributed by atoms with Crippen molar-refractivity contribution in [2.75, 3.05) is 4.90 Å². The van der Waals surface area contributed by atoms with Gasteiger partial charge in [0.05, 0.1) is 0 Å². The smallest absolute Gasteiger partial charge is 0.228 e. The zero-order chi connectivity index (χ0) is 28.3. The van der Waals surface area contributed by atoms with Gasteiger partial charge in [0.15, 0.2) is 5.58 Å².